The van der Waals surface area contributed by atoms with E-state index in [4.69, 9.17) is 0 Å². The van der Waals surface area contributed by atoms with E-state index >= 15 is 0 Å². The van der Waals surface area contributed by atoms with Crippen molar-refractivity contribution >= 4 is 17.2 Å². The maximum absolute atomic E-state index is 12.4. The summed E-state index contributed by atoms with van der Waals surface area (Å²) in [4.78, 5) is 13.1. The number of carbonyl (C=O) groups is 1. The molecule has 0 aliphatic rings. The predicted molar refractivity (Wildman–Crippen MR) is 76.4 cm³/mol. The molecule has 0 fully saturated rings. The fraction of sp³-hybridized carbons (Fsp3) is 0.267. The van der Waals surface area contributed by atoms with E-state index in [0.717, 1.165) is 17.0 Å². The monoisotopic (exact) mass is 313 g/mol. The average molecular weight is 313 g/mol. The average Bonchev–Trinajstić information content (AvgIpc) is 2.90. The number of halogens is 3. The van der Waals surface area contributed by atoms with Crippen molar-refractivity contribution in [2.24, 2.45) is 0 Å². The molecule has 0 aliphatic carbocycles. The van der Waals surface area contributed by atoms with Gasteiger partial charge in [-0.05, 0) is 42.6 Å². The summed E-state index contributed by atoms with van der Waals surface area (Å²) < 4.78 is 37.3. The molecule has 6 heteroatoms. The highest BCUT2D eigenvalue weighted by Gasteiger charge is 2.30. The first-order valence-electron chi connectivity index (χ1n) is 6.37. The van der Waals surface area contributed by atoms with Crippen molar-refractivity contribution in [1.82, 2.24) is 5.32 Å². The summed E-state index contributed by atoms with van der Waals surface area (Å²) >= 11 is 1.60. The Hall–Kier alpha value is -1.82. The van der Waals surface area contributed by atoms with E-state index < -0.39 is 11.7 Å². The van der Waals surface area contributed by atoms with Crippen molar-refractivity contribution in [1.29, 1.82) is 0 Å². The molecular weight excluding hydrogens is 299 g/mol. The van der Waals surface area contributed by atoms with Gasteiger partial charge < -0.3 is 5.32 Å². The lowest BCUT2D eigenvalue weighted by molar-refractivity contribution is -0.137. The molecule has 0 saturated heterocycles. The standard InChI is InChI=1S/C15H14F3NOS/c1-10(9-13-3-2-8-21-13)19-14(20)11-4-6-12(7-5-11)15(16,17)18/h2-8,10H,9H2,1H3,(H,19,20). The van der Waals surface area contributed by atoms with E-state index in [-0.39, 0.29) is 17.5 Å². The molecule has 0 spiro atoms. The quantitative estimate of drug-likeness (QED) is 0.903. The molecule has 1 aromatic heterocycles. The van der Waals surface area contributed by atoms with Gasteiger partial charge in [0.05, 0.1) is 5.56 Å². The Bertz CT molecular complexity index is 590. The molecule has 0 bridgehead atoms. The third kappa shape index (κ3) is 4.32. The minimum Gasteiger partial charge on any atom is -0.349 e. The van der Waals surface area contributed by atoms with Crippen molar-refractivity contribution < 1.29 is 18.0 Å². The van der Waals surface area contributed by atoms with Gasteiger partial charge in [-0.2, -0.15) is 13.2 Å². The summed E-state index contributed by atoms with van der Waals surface area (Å²) in [5.74, 6) is -0.368. The molecule has 21 heavy (non-hydrogen) atoms. The predicted octanol–water partition coefficient (Wildman–Crippen LogP) is 4.13. The van der Waals surface area contributed by atoms with Crippen LogP contribution in [-0.2, 0) is 12.6 Å². The molecular formula is C15H14F3NOS. The van der Waals surface area contributed by atoms with E-state index in [1.165, 1.54) is 12.1 Å². The van der Waals surface area contributed by atoms with Crippen LogP contribution in [0.15, 0.2) is 41.8 Å². The number of rotatable bonds is 4. The molecule has 2 aromatic rings. The second-order valence-electron chi connectivity index (χ2n) is 4.73. The van der Waals surface area contributed by atoms with Gasteiger partial charge in [-0.1, -0.05) is 6.07 Å². The van der Waals surface area contributed by atoms with E-state index in [1.54, 1.807) is 11.3 Å². The summed E-state index contributed by atoms with van der Waals surface area (Å²) in [5.41, 5.74) is -0.535. The maximum Gasteiger partial charge on any atom is 0.416 e. The molecule has 1 amide bonds. The van der Waals surface area contributed by atoms with Gasteiger partial charge in [0.15, 0.2) is 0 Å². The lowest BCUT2D eigenvalue weighted by Gasteiger charge is -2.13. The number of hydrogen-bond acceptors (Lipinski definition) is 2. The Kier molecular flexibility index (Phi) is 4.67. The number of amides is 1. The van der Waals surface area contributed by atoms with Crippen LogP contribution < -0.4 is 5.32 Å². The zero-order valence-electron chi connectivity index (χ0n) is 11.3. The fourth-order valence-corrected chi connectivity index (χ4v) is 2.73. The summed E-state index contributed by atoms with van der Waals surface area (Å²) in [6.45, 7) is 1.86. The van der Waals surface area contributed by atoms with Gasteiger partial charge in [0.2, 0.25) is 0 Å². The smallest absolute Gasteiger partial charge is 0.349 e. The second kappa shape index (κ2) is 6.30. The molecule has 0 aliphatic heterocycles. The fourth-order valence-electron chi connectivity index (χ4n) is 1.90. The molecule has 0 saturated carbocycles. The number of hydrogen-bond donors (Lipinski definition) is 1. The van der Waals surface area contributed by atoms with Crippen LogP contribution in [0.1, 0.15) is 27.7 Å². The van der Waals surface area contributed by atoms with E-state index in [9.17, 15) is 18.0 Å². The van der Waals surface area contributed by atoms with E-state index in [0.29, 0.717) is 6.42 Å². The number of carbonyl (C=O) groups excluding carboxylic acids is 1. The van der Waals surface area contributed by atoms with Crippen LogP contribution in [0, 0.1) is 0 Å². The van der Waals surface area contributed by atoms with Gasteiger partial charge in [0, 0.05) is 22.9 Å². The molecule has 1 atom stereocenters. The summed E-state index contributed by atoms with van der Waals surface area (Å²) in [5, 5.41) is 4.74. The van der Waals surface area contributed by atoms with Gasteiger partial charge in [0.25, 0.3) is 5.91 Å². The Balaban J connectivity index is 1.97. The first kappa shape index (κ1) is 15.6. The Labute approximate surface area is 124 Å². The van der Waals surface area contributed by atoms with Crippen LogP contribution in [-0.4, -0.2) is 11.9 Å². The van der Waals surface area contributed by atoms with Crippen LogP contribution in [0.5, 0.6) is 0 Å². The summed E-state index contributed by atoms with van der Waals surface area (Å²) in [6, 6.07) is 8.04. The van der Waals surface area contributed by atoms with Gasteiger partial charge in [-0.25, -0.2) is 0 Å². The number of alkyl halides is 3. The lowest BCUT2D eigenvalue weighted by atomic mass is 10.1. The number of thiophene rings is 1. The third-order valence-electron chi connectivity index (χ3n) is 2.94. The Morgan fingerprint density at radius 2 is 1.90 bits per heavy atom. The second-order valence-corrected chi connectivity index (χ2v) is 5.77. The van der Waals surface area contributed by atoms with Crippen molar-refractivity contribution in [2.45, 2.75) is 25.6 Å². The van der Waals surface area contributed by atoms with Crippen LogP contribution >= 0.6 is 11.3 Å². The summed E-state index contributed by atoms with van der Waals surface area (Å²) in [7, 11) is 0. The minimum absolute atomic E-state index is 0.0848. The van der Waals surface area contributed by atoms with Gasteiger partial charge in [-0.15, -0.1) is 11.3 Å². The highest BCUT2D eigenvalue weighted by atomic mass is 32.1. The van der Waals surface area contributed by atoms with Crippen molar-refractivity contribution in [3.63, 3.8) is 0 Å². The van der Waals surface area contributed by atoms with Gasteiger partial charge in [-0.3, -0.25) is 4.79 Å². The lowest BCUT2D eigenvalue weighted by Crippen LogP contribution is -2.33. The van der Waals surface area contributed by atoms with Gasteiger partial charge >= 0.3 is 6.18 Å². The van der Waals surface area contributed by atoms with Crippen LogP contribution in [0.25, 0.3) is 0 Å². The molecule has 1 aromatic carbocycles. The molecule has 2 nitrogen and oxygen atoms in total. The molecule has 1 N–H and O–H groups in total. The molecule has 1 unspecified atom stereocenters. The van der Waals surface area contributed by atoms with E-state index in [2.05, 4.69) is 5.32 Å². The topological polar surface area (TPSA) is 29.1 Å². The number of benzene rings is 1. The molecule has 1 heterocycles. The summed E-state index contributed by atoms with van der Waals surface area (Å²) in [6.07, 6.45) is -3.69. The highest BCUT2D eigenvalue weighted by Crippen LogP contribution is 2.29. The molecule has 2 rings (SSSR count). The van der Waals surface area contributed by atoms with Crippen LogP contribution in [0.3, 0.4) is 0 Å². The first-order valence-corrected chi connectivity index (χ1v) is 7.25. The largest absolute Gasteiger partial charge is 0.416 e. The van der Waals surface area contributed by atoms with Crippen molar-refractivity contribution in [3.05, 3.63) is 57.8 Å². The zero-order valence-corrected chi connectivity index (χ0v) is 12.1. The number of nitrogens with one attached hydrogen (secondary N) is 1. The molecule has 0 radical (unpaired) electrons. The highest BCUT2D eigenvalue weighted by molar-refractivity contribution is 7.09. The van der Waals surface area contributed by atoms with Crippen LogP contribution in [0.4, 0.5) is 13.2 Å². The Morgan fingerprint density at radius 3 is 2.43 bits per heavy atom. The first-order chi connectivity index (χ1) is 9.86. The van der Waals surface area contributed by atoms with E-state index in [1.807, 2.05) is 24.4 Å². The minimum atomic E-state index is -4.39. The normalized spacial score (nSPS) is 13.0. The van der Waals surface area contributed by atoms with Gasteiger partial charge in [0.1, 0.15) is 0 Å². The third-order valence-corrected chi connectivity index (χ3v) is 3.84. The van der Waals surface area contributed by atoms with Crippen molar-refractivity contribution in [2.75, 3.05) is 0 Å². The van der Waals surface area contributed by atoms with Crippen molar-refractivity contribution in [3.8, 4) is 0 Å². The zero-order chi connectivity index (χ0) is 15.5. The Morgan fingerprint density at radius 1 is 1.24 bits per heavy atom. The van der Waals surface area contributed by atoms with Crippen LogP contribution in [0.2, 0.25) is 0 Å². The maximum atomic E-state index is 12.4. The SMILES string of the molecule is CC(Cc1cccs1)NC(=O)c1ccc(C(F)(F)F)cc1. The molecule has 112 valence electrons.